The SMILES string of the molecule is COCCOc1ccc(Br)cc1Br. The molecule has 0 aliphatic rings. The predicted octanol–water partition coefficient (Wildman–Crippen LogP) is 3.24. The zero-order chi connectivity index (χ0) is 9.68. The average molecular weight is 310 g/mol. The van der Waals surface area contributed by atoms with E-state index in [-0.39, 0.29) is 0 Å². The fourth-order valence-corrected chi connectivity index (χ4v) is 1.99. The summed E-state index contributed by atoms with van der Waals surface area (Å²) in [4.78, 5) is 0. The molecular weight excluding hydrogens is 300 g/mol. The van der Waals surface area contributed by atoms with Crippen molar-refractivity contribution in [2.24, 2.45) is 0 Å². The highest BCUT2D eigenvalue weighted by Crippen LogP contribution is 2.27. The van der Waals surface area contributed by atoms with Crippen molar-refractivity contribution in [2.75, 3.05) is 20.3 Å². The normalized spacial score (nSPS) is 10.1. The molecule has 0 amide bonds. The first-order valence-corrected chi connectivity index (χ1v) is 5.39. The summed E-state index contributed by atoms with van der Waals surface area (Å²) < 4.78 is 12.3. The van der Waals surface area contributed by atoms with E-state index in [0.717, 1.165) is 14.7 Å². The van der Waals surface area contributed by atoms with E-state index in [1.165, 1.54) is 0 Å². The molecule has 0 radical (unpaired) electrons. The molecule has 0 fully saturated rings. The number of rotatable bonds is 4. The second-order valence-corrected chi connectivity index (χ2v) is 4.19. The largest absolute Gasteiger partial charge is 0.490 e. The topological polar surface area (TPSA) is 18.5 Å². The van der Waals surface area contributed by atoms with E-state index in [2.05, 4.69) is 31.9 Å². The van der Waals surface area contributed by atoms with Crippen LogP contribution in [-0.4, -0.2) is 20.3 Å². The minimum Gasteiger partial charge on any atom is -0.490 e. The number of halogens is 2. The highest BCUT2D eigenvalue weighted by molar-refractivity contribution is 9.11. The van der Waals surface area contributed by atoms with Crippen LogP contribution in [0, 0.1) is 0 Å². The molecule has 4 heteroatoms. The monoisotopic (exact) mass is 308 g/mol. The first-order chi connectivity index (χ1) is 6.24. The van der Waals surface area contributed by atoms with Crippen molar-refractivity contribution in [1.82, 2.24) is 0 Å². The van der Waals surface area contributed by atoms with Gasteiger partial charge >= 0.3 is 0 Å². The number of ether oxygens (including phenoxy) is 2. The molecule has 1 aromatic carbocycles. The van der Waals surface area contributed by atoms with Crippen molar-refractivity contribution < 1.29 is 9.47 Å². The van der Waals surface area contributed by atoms with E-state index >= 15 is 0 Å². The van der Waals surface area contributed by atoms with Crippen LogP contribution in [0.25, 0.3) is 0 Å². The Bertz CT molecular complexity index is 276. The molecule has 0 N–H and O–H groups in total. The molecule has 0 saturated heterocycles. The molecule has 1 rings (SSSR count). The summed E-state index contributed by atoms with van der Waals surface area (Å²) in [6.07, 6.45) is 0. The summed E-state index contributed by atoms with van der Waals surface area (Å²) in [6.45, 7) is 1.17. The van der Waals surface area contributed by atoms with E-state index in [4.69, 9.17) is 9.47 Å². The smallest absolute Gasteiger partial charge is 0.133 e. The van der Waals surface area contributed by atoms with Crippen LogP contribution in [0.4, 0.5) is 0 Å². The van der Waals surface area contributed by atoms with Crippen molar-refractivity contribution in [2.45, 2.75) is 0 Å². The van der Waals surface area contributed by atoms with E-state index in [1.54, 1.807) is 7.11 Å². The summed E-state index contributed by atoms with van der Waals surface area (Å²) in [5.74, 6) is 0.834. The molecular formula is C9H10Br2O2. The number of benzene rings is 1. The number of methoxy groups -OCH3 is 1. The van der Waals surface area contributed by atoms with Gasteiger partial charge in [0.05, 0.1) is 11.1 Å². The van der Waals surface area contributed by atoms with Gasteiger partial charge in [0.1, 0.15) is 12.4 Å². The Balaban J connectivity index is 2.56. The Hall–Kier alpha value is -0.0600. The van der Waals surface area contributed by atoms with Crippen LogP contribution in [0.1, 0.15) is 0 Å². The van der Waals surface area contributed by atoms with E-state index < -0.39 is 0 Å². The lowest BCUT2D eigenvalue weighted by molar-refractivity contribution is 0.146. The van der Waals surface area contributed by atoms with Crippen molar-refractivity contribution in [1.29, 1.82) is 0 Å². The summed E-state index contributed by atoms with van der Waals surface area (Å²) in [7, 11) is 1.65. The molecule has 2 nitrogen and oxygen atoms in total. The predicted molar refractivity (Wildman–Crippen MR) is 59.2 cm³/mol. The Morgan fingerprint density at radius 1 is 1.23 bits per heavy atom. The van der Waals surface area contributed by atoms with Gasteiger partial charge in [0, 0.05) is 11.6 Å². The third kappa shape index (κ3) is 3.67. The molecule has 72 valence electrons. The maximum Gasteiger partial charge on any atom is 0.133 e. The van der Waals surface area contributed by atoms with Crippen LogP contribution in [0.15, 0.2) is 27.1 Å². The van der Waals surface area contributed by atoms with Gasteiger partial charge < -0.3 is 9.47 Å². The Morgan fingerprint density at radius 3 is 2.62 bits per heavy atom. The van der Waals surface area contributed by atoms with Gasteiger partial charge in [-0.05, 0) is 34.1 Å². The zero-order valence-electron chi connectivity index (χ0n) is 7.22. The minimum atomic E-state index is 0.566. The summed E-state index contributed by atoms with van der Waals surface area (Å²) in [5, 5.41) is 0. The van der Waals surface area contributed by atoms with Crippen LogP contribution >= 0.6 is 31.9 Å². The lowest BCUT2D eigenvalue weighted by atomic mass is 10.3. The Labute approximate surface area is 94.5 Å². The van der Waals surface area contributed by atoms with Gasteiger partial charge in [-0.25, -0.2) is 0 Å². The van der Waals surface area contributed by atoms with Crippen molar-refractivity contribution in [3.05, 3.63) is 27.1 Å². The van der Waals surface area contributed by atoms with E-state index in [0.29, 0.717) is 13.2 Å². The first kappa shape index (κ1) is 11.0. The van der Waals surface area contributed by atoms with E-state index in [9.17, 15) is 0 Å². The quantitative estimate of drug-likeness (QED) is 0.795. The highest BCUT2D eigenvalue weighted by Gasteiger charge is 2.00. The molecule has 0 aliphatic heterocycles. The third-order valence-corrected chi connectivity index (χ3v) is 2.55. The molecule has 0 saturated carbocycles. The minimum absolute atomic E-state index is 0.566. The van der Waals surface area contributed by atoms with Gasteiger partial charge in [0.15, 0.2) is 0 Å². The van der Waals surface area contributed by atoms with Crippen molar-refractivity contribution in [3.63, 3.8) is 0 Å². The lowest BCUT2D eigenvalue weighted by Gasteiger charge is -2.07. The molecule has 0 unspecified atom stereocenters. The molecule has 0 heterocycles. The van der Waals surface area contributed by atoms with Crippen LogP contribution in [0.3, 0.4) is 0 Å². The Morgan fingerprint density at radius 2 is 2.00 bits per heavy atom. The zero-order valence-corrected chi connectivity index (χ0v) is 10.4. The molecule has 0 aliphatic carbocycles. The maximum atomic E-state index is 5.44. The van der Waals surface area contributed by atoms with Gasteiger partial charge in [0.2, 0.25) is 0 Å². The first-order valence-electron chi connectivity index (χ1n) is 3.81. The summed E-state index contributed by atoms with van der Waals surface area (Å²) in [5.41, 5.74) is 0. The standard InChI is InChI=1S/C9H10Br2O2/c1-12-4-5-13-9-3-2-7(10)6-8(9)11/h2-3,6H,4-5H2,1H3. The molecule has 0 spiro atoms. The number of hydrogen-bond donors (Lipinski definition) is 0. The van der Waals surface area contributed by atoms with Gasteiger partial charge in [-0.1, -0.05) is 15.9 Å². The van der Waals surface area contributed by atoms with Crippen molar-refractivity contribution in [3.8, 4) is 5.75 Å². The van der Waals surface area contributed by atoms with Gasteiger partial charge in [-0.15, -0.1) is 0 Å². The summed E-state index contributed by atoms with van der Waals surface area (Å²) in [6, 6.07) is 5.79. The lowest BCUT2D eigenvalue weighted by Crippen LogP contribution is -2.04. The maximum absolute atomic E-state index is 5.44. The second-order valence-electron chi connectivity index (χ2n) is 2.42. The van der Waals surface area contributed by atoms with Crippen LogP contribution in [0.5, 0.6) is 5.75 Å². The van der Waals surface area contributed by atoms with Crippen molar-refractivity contribution >= 4 is 31.9 Å². The number of hydrogen-bond acceptors (Lipinski definition) is 2. The highest BCUT2D eigenvalue weighted by atomic mass is 79.9. The fourth-order valence-electron chi connectivity index (χ4n) is 0.827. The van der Waals surface area contributed by atoms with Gasteiger partial charge in [-0.3, -0.25) is 0 Å². The Kier molecular flexibility index (Phi) is 4.77. The fraction of sp³-hybridized carbons (Fsp3) is 0.333. The van der Waals surface area contributed by atoms with Gasteiger partial charge in [0.25, 0.3) is 0 Å². The second kappa shape index (κ2) is 5.62. The average Bonchev–Trinajstić information content (AvgIpc) is 2.09. The molecule has 0 bridgehead atoms. The van der Waals surface area contributed by atoms with Gasteiger partial charge in [-0.2, -0.15) is 0 Å². The third-order valence-electron chi connectivity index (χ3n) is 1.44. The van der Waals surface area contributed by atoms with Crippen LogP contribution in [-0.2, 0) is 4.74 Å². The van der Waals surface area contributed by atoms with Crippen LogP contribution in [0.2, 0.25) is 0 Å². The molecule has 1 aromatic rings. The molecule has 0 aromatic heterocycles. The van der Waals surface area contributed by atoms with Crippen LogP contribution < -0.4 is 4.74 Å². The van der Waals surface area contributed by atoms with E-state index in [1.807, 2.05) is 18.2 Å². The molecule has 13 heavy (non-hydrogen) atoms. The summed E-state index contributed by atoms with van der Waals surface area (Å²) >= 11 is 6.77. The molecule has 0 atom stereocenters.